The van der Waals surface area contributed by atoms with Crippen LogP contribution in [0, 0.1) is 0 Å². The van der Waals surface area contributed by atoms with Crippen molar-refractivity contribution >= 4 is 18.7 Å². The molecule has 4 rings (SSSR count). The smallest absolute Gasteiger partial charge is 0.279 e. The van der Waals surface area contributed by atoms with Gasteiger partial charge in [0.2, 0.25) is 5.88 Å². The van der Waals surface area contributed by atoms with E-state index in [1.807, 2.05) is 36.5 Å². The van der Waals surface area contributed by atoms with E-state index in [4.69, 9.17) is 14.2 Å². The maximum atomic E-state index is 11.4. The summed E-state index contributed by atoms with van der Waals surface area (Å²) in [4.78, 5) is 15.5. The van der Waals surface area contributed by atoms with E-state index < -0.39 is 0 Å². The fourth-order valence-electron chi connectivity index (χ4n) is 2.87. The molecule has 164 valence electrons. The topological polar surface area (TPSA) is 87.5 Å². The number of hydrogen-bond acceptors (Lipinski definition) is 7. The summed E-state index contributed by atoms with van der Waals surface area (Å²) in [6.07, 6.45) is 7.66. The molecule has 9 heteroatoms. The van der Waals surface area contributed by atoms with Crippen molar-refractivity contribution in [2.75, 3.05) is 14.2 Å². The number of pyridine rings is 1. The Morgan fingerprint density at radius 2 is 1.97 bits per heavy atom. The number of amides is 1. The summed E-state index contributed by atoms with van der Waals surface area (Å²) in [5.41, 5.74) is 1.10. The number of rotatable bonds is 7. The van der Waals surface area contributed by atoms with Crippen molar-refractivity contribution in [2.24, 2.45) is 0 Å². The van der Waals surface area contributed by atoms with Crippen LogP contribution in [0.2, 0.25) is 0 Å². The summed E-state index contributed by atoms with van der Waals surface area (Å²) in [7, 11) is 3.18. The second-order valence-corrected chi connectivity index (χ2v) is 7.08. The van der Waals surface area contributed by atoms with Gasteiger partial charge in [-0.05, 0) is 49.6 Å². The van der Waals surface area contributed by atoms with E-state index in [1.54, 1.807) is 30.1 Å². The van der Waals surface area contributed by atoms with Gasteiger partial charge in [0.15, 0.2) is 0 Å². The number of carbonyl (C=O) groups is 1. The highest BCUT2D eigenvalue weighted by Crippen LogP contribution is 2.27. The SMILES string of the molecule is COc1cccc(OC2CCC2)c1.COc1nc(C(=O)NS)ccc1Cn1cccn1. The van der Waals surface area contributed by atoms with Gasteiger partial charge in [0.25, 0.3) is 5.91 Å². The summed E-state index contributed by atoms with van der Waals surface area (Å²) in [5, 5.41) is 4.10. The third-order valence-corrected chi connectivity index (χ3v) is 4.96. The van der Waals surface area contributed by atoms with Gasteiger partial charge in [-0.3, -0.25) is 14.2 Å². The molecule has 0 aliphatic heterocycles. The van der Waals surface area contributed by atoms with Crippen LogP contribution < -0.4 is 18.9 Å². The van der Waals surface area contributed by atoms with Crippen LogP contribution in [0.15, 0.2) is 54.9 Å². The molecule has 0 bridgehead atoms. The van der Waals surface area contributed by atoms with Crippen LogP contribution in [-0.2, 0) is 6.54 Å². The van der Waals surface area contributed by atoms with Gasteiger partial charge in [0.05, 0.1) is 26.9 Å². The van der Waals surface area contributed by atoms with Gasteiger partial charge in [-0.25, -0.2) is 4.98 Å². The fraction of sp³-hybridized carbons (Fsp3) is 0.318. The lowest BCUT2D eigenvalue weighted by Crippen LogP contribution is -2.24. The minimum atomic E-state index is -0.373. The lowest BCUT2D eigenvalue weighted by molar-refractivity contribution is 0.0979. The van der Waals surface area contributed by atoms with Crippen molar-refractivity contribution in [3.05, 3.63) is 66.1 Å². The lowest BCUT2D eigenvalue weighted by atomic mass is 9.96. The van der Waals surface area contributed by atoms with Crippen molar-refractivity contribution < 1.29 is 19.0 Å². The number of benzene rings is 1. The zero-order valence-electron chi connectivity index (χ0n) is 17.5. The highest BCUT2D eigenvalue weighted by atomic mass is 32.1. The number of hydrogen-bond donors (Lipinski definition) is 2. The van der Waals surface area contributed by atoms with E-state index in [0.717, 1.165) is 17.1 Å². The standard InChI is InChI=1S/C11H12N4O2S.C11H14O2/c1-17-11-8(7-15-6-2-5-12-15)3-4-9(13-11)10(16)14-18;1-12-10-6-3-7-11(8-10)13-9-4-2-5-9/h2-6,18H,7H2,1H3,(H,14,16);3,6-9H,2,4-5H2,1H3. The minimum absolute atomic E-state index is 0.256. The van der Waals surface area contributed by atoms with E-state index in [-0.39, 0.29) is 11.6 Å². The first-order valence-corrected chi connectivity index (χ1v) is 10.3. The molecule has 0 atom stereocenters. The molecule has 0 radical (unpaired) electrons. The van der Waals surface area contributed by atoms with Gasteiger partial charge in [0, 0.05) is 24.0 Å². The maximum Gasteiger partial charge on any atom is 0.279 e. The fourth-order valence-corrected chi connectivity index (χ4v) is 2.99. The monoisotopic (exact) mass is 442 g/mol. The Kier molecular flexibility index (Phi) is 8.17. The summed E-state index contributed by atoms with van der Waals surface area (Å²) in [5.74, 6) is 1.81. The summed E-state index contributed by atoms with van der Waals surface area (Å²) >= 11 is 3.69. The predicted octanol–water partition coefficient (Wildman–Crippen LogP) is 3.54. The van der Waals surface area contributed by atoms with Crippen LogP contribution in [-0.4, -0.2) is 41.0 Å². The van der Waals surface area contributed by atoms with Crippen molar-refractivity contribution in [3.63, 3.8) is 0 Å². The first-order chi connectivity index (χ1) is 15.1. The Morgan fingerprint density at radius 3 is 2.58 bits per heavy atom. The van der Waals surface area contributed by atoms with Gasteiger partial charge in [0.1, 0.15) is 17.2 Å². The molecule has 0 saturated heterocycles. The minimum Gasteiger partial charge on any atom is -0.497 e. The summed E-state index contributed by atoms with van der Waals surface area (Å²) in [6, 6.07) is 13.0. The Bertz CT molecular complexity index is 977. The average Bonchev–Trinajstić information content (AvgIpc) is 3.29. The lowest BCUT2D eigenvalue weighted by Gasteiger charge is -2.26. The second kappa shape index (κ2) is 11.3. The first kappa shape index (κ1) is 22.5. The van der Waals surface area contributed by atoms with Crippen LogP contribution in [0.3, 0.4) is 0 Å². The van der Waals surface area contributed by atoms with Crippen molar-refractivity contribution in [2.45, 2.75) is 31.9 Å². The number of nitrogens with zero attached hydrogens (tertiary/aromatic N) is 3. The Hall–Kier alpha value is -3.20. The van der Waals surface area contributed by atoms with Gasteiger partial charge in [-0.15, -0.1) is 0 Å². The number of carbonyl (C=O) groups excluding carboxylic acids is 1. The third kappa shape index (κ3) is 6.39. The molecule has 1 amide bonds. The third-order valence-electron chi connectivity index (χ3n) is 4.75. The molecule has 1 fully saturated rings. The Labute approximate surface area is 187 Å². The molecule has 3 aromatic rings. The largest absolute Gasteiger partial charge is 0.497 e. The molecular formula is C22H26N4O4S. The van der Waals surface area contributed by atoms with E-state index in [2.05, 4.69) is 27.6 Å². The molecule has 0 spiro atoms. The maximum absolute atomic E-state index is 11.4. The van der Waals surface area contributed by atoms with Crippen molar-refractivity contribution in [3.8, 4) is 17.4 Å². The van der Waals surface area contributed by atoms with E-state index in [9.17, 15) is 4.79 Å². The molecule has 1 aliphatic carbocycles. The van der Waals surface area contributed by atoms with Gasteiger partial charge < -0.3 is 14.2 Å². The van der Waals surface area contributed by atoms with E-state index in [1.165, 1.54) is 26.4 Å². The Morgan fingerprint density at radius 1 is 1.16 bits per heavy atom. The van der Waals surface area contributed by atoms with Gasteiger partial charge in [-0.1, -0.05) is 18.9 Å². The zero-order chi connectivity index (χ0) is 22.1. The molecule has 2 aromatic heterocycles. The molecule has 1 aliphatic rings. The first-order valence-electron chi connectivity index (χ1n) is 9.89. The van der Waals surface area contributed by atoms with Gasteiger partial charge >= 0.3 is 0 Å². The molecule has 1 aromatic carbocycles. The zero-order valence-corrected chi connectivity index (χ0v) is 18.4. The summed E-state index contributed by atoms with van der Waals surface area (Å²) in [6.45, 7) is 0.534. The Balaban J connectivity index is 0.000000185. The normalized spacial score (nSPS) is 12.7. The van der Waals surface area contributed by atoms with Crippen LogP contribution in [0.1, 0.15) is 35.3 Å². The molecule has 2 heterocycles. The number of nitrogens with one attached hydrogen (secondary N) is 1. The van der Waals surface area contributed by atoms with E-state index >= 15 is 0 Å². The van der Waals surface area contributed by atoms with Gasteiger partial charge in [-0.2, -0.15) is 5.10 Å². The highest BCUT2D eigenvalue weighted by Gasteiger charge is 2.19. The predicted molar refractivity (Wildman–Crippen MR) is 120 cm³/mol. The molecular weight excluding hydrogens is 416 g/mol. The second-order valence-electron chi connectivity index (χ2n) is 6.86. The van der Waals surface area contributed by atoms with Crippen LogP contribution in [0.5, 0.6) is 17.4 Å². The number of thiol groups is 1. The van der Waals surface area contributed by atoms with Crippen LogP contribution >= 0.6 is 12.8 Å². The molecule has 1 saturated carbocycles. The molecule has 1 N–H and O–H groups in total. The number of aromatic nitrogens is 3. The number of ether oxygens (including phenoxy) is 3. The van der Waals surface area contributed by atoms with Crippen LogP contribution in [0.4, 0.5) is 0 Å². The highest BCUT2D eigenvalue weighted by molar-refractivity contribution is 7.78. The number of methoxy groups -OCH3 is 2. The van der Waals surface area contributed by atoms with Crippen LogP contribution in [0.25, 0.3) is 0 Å². The van der Waals surface area contributed by atoms with Crippen molar-refractivity contribution in [1.29, 1.82) is 0 Å². The molecule has 8 nitrogen and oxygen atoms in total. The average molecular weight is 443 g/mol. The summed E-state index contributed by atoms with van der Waals surface area (Å²) < 4.78 is 20.0. The van der Waals surface area contributed by atoms with Crippen molar-refractivity contribution in [1.82, 2.24) is 19.5 Å². The molecule has 0 unspecified atom stereocenters. The van der Waals surface area contributed by atoms with E-state index in [0.29, 0.717) is 18.5 Å². The molecule has 31 heavy (non-hydrogen) atoms. The quantitative estimate of drug-likeness (QED) is 0.545.